The summed E-state index contributed by atoms with van der Waals surface area (Å²) in [4.78, 5) is 0.147. The van der Waals surface area contributed by atoms with Crippen molar-refractivity contribution in [2.45, 2.75) is 37.5 Å². The first-order chi connectivity index (χ1) is 12.5. The lowest BCUT2D eigenvalue weighted by Crippen LogP contribution is -2.28. The van der Waals surface area contributed by atoms with Gasteiger partial charge in [0.25, 0.3) is 0 Å². The van der Waals surface area contributed by atoms with Crippen LogP contribution in [0, 0.1) is 6.92 Å². The summed E-state index contributed by atoms with van der Waals surface area (Å²) in [6.07, 6.45) is 4.69. The summed E-state index contributed by atoms with van der Waals surface area (Å²) in [7, 11) is -2.19. The molecular formula is C20H25NO4S. The Hall–Kier alpha value is -2.05. The lowest BCUT2D eigenvalue weighted by Gasteiger charge is -2.17. The van der Waals surface area contributed by atoms with Gasteiger partial charge in [-0.3, -0.25) is 0 Å². The van der Waals surface area contributed by atoms with Crippen molar-refractivity contribution >= 4 is 10.0 Å². The highest BCUT2D eigenvalue weighted by Gasteiger charge is 2.19. The van der Waals surface area contributed by atoms with Crippen LogP contribution in [-0.2, 0) is 22.9 Å². The Kier molecular flexibility index (Phi) is 5.84. The van der Waals surface area contributed by atoms with Crippen LogP contribution in [0.2, 0.25) is 0 Å². The fraction of sp³-hybridized carbons (Fsp3) is 0.400. The number of rotatable bonds is 7. The number of aryl methyl sites for hydroxylation is 3. The molecule has 0 saturated heterocycles. The van der Waals surface area contributed by atoms with Gasteiger partial charge in [0, 0.05) is 6.54 Å². The van der Waals surface area contributed by atoms with Crippen LogP contribution in [0.1, 0.15) is 29.5 Å². The molecule has 0 heterocycles. The SMILES string of the molecule is COc1ccc(C)cc1S(=O)(=O)NCCOc1ccc2c(c1)CCCC2. The molecule has 0 unspecified atom stereocenters. The molecule has 0 aliphatic heterocycles. The minimum atomic E-state index is -3.65. The lowest BCUT2D eigenvalue weighted by molar-refractivity contribution is 0.322. The second-order valence-corrected chi connectivity index (χ2v) is 8.27. The predicted octanol–water partition coefficient (Wildman–Crippen LogP) is 3.24. The first-order valence-electron chi connectivity index (χ1n) is 8.88. The van der Waals surface area contributed by atoms with E-state index in [1.807, 2.05) is 19.1 Å². The summed E-state index contributed by atoms with van der Waals surface area (Å²) < 4.78 is 38.5. The van der Waals surface area contributed by atoms with E-state index in [1.54, 1.807) is 12.1 Å². The normalized spacial score (nSPS) is 13.9. The van der Waals surface area contributed by atoms with Crippen LogP contribution in [0.4, 0.5) is 0 Å². The highest BCUT2D eigenvalue weighted by Crippen LogP contribution is 2.26. The van der Waals surface area contributed by atoms with Crippen molar-refractivity contribution in [3.8, 4) is 11.5 Å². The van der Waals surface area contributed by atoms with Gasteiger partial charge in [-0.1, -0.05) is 12.1 Å². The van der Waals surface area contributed by atoms with E-state index in [-0.39, 0.29) is 18.0 Å². The van der Waals surface area contributed by atoms with Gasteiger partial charge in [-0.2, -0.15) is 0 Å². The second-order valence-electron chi connectivity index (χ2n) is 6.54. The Morgan fingerprint density at radius 1 is 1.04 bits per heavy atom. The summed E-state index contributed by atoms with van der Waals surface area (Å²) in [6.45, 7) is 2.31. The smallest absolute Gasteiger partial charge is 0.244 e. The van der Waals surface area contributed by atoms with E-state index >= 15 is 0 Å². The number of nitrogens with one attached hydrogen (secondary N) is 1. The van der Waals surface area contributed by atoms with Gasteiger partial charge in [0.15, 0.2) is 0 Å². The van der Waals surface area contributed by atoms with Gasteiger partial charge in [0.1, 0.15) is 23.0 Å². The summed E-state index contributed by atoms with van der Waals surface area (Å²) in [5.41, 5.74) is 3.60. The molecule has 6 heteroatoms. The summed E-state index contributed by atoms with van der Waals surface area (Å²) in [5, 5.41) is 0. The minimum absolute atomic E-state index is 0.147. The van der Waals surface area contributed by atoms with E-state index in [0.29, 0.717) is 5.75 Å². The number of methoxy groups -OCH3 is 1. The van der Waals surface area contributed by atoms with Crippen LogP contribution < -0.4 is 14.2 Å². The Bertz CT molecular complexity index is 877. The van der Waals surface area contributed by atoms with E-state index in [4.69, 9.17) is 9.47 Å². The monoisotopic (exact) mass is 375 g/mol. The zero-order chi connectivity index (χ0) is 18.6. The van der Waals surface area contributed by atoms with E-state index in [2.05, 4.69) is 16.9 Å². The Balaban J connectivity index is 1.58. The number of sulfonamides is 1. The Morgan fingerprint density at radius 2 is 1.81 bits per heavy atom. The molecule has 2 aromatic rings. The largest absolute Gasteiger partial charge is 0.495 e. The van der Waals surface area contributed by atoms with Gasteiger partial charge in [-0.15, -0.1) is 0 Å². The number of ether oxygens (including phenoxy) is 2. The van der Waals surface area contributed by atoms with Crippen LogP contribution >= 0.6 is 0 Å². The molecular weight excluding hydrogens is 350 g/mol. The topological polar surface area (TPSA) is 64.6 Å². The molecule has 0 bridgehead atoms. The van der Waals surface area contributed by atoms with Crippen molar-refractivity contribution in [3.05, 3.63) is 53.1 Å². The van der Waals surface area contributed by atoms with E-state index in [9.17, 15) is 8.42 Å². The van der Waals surface area contributed by atoms with Crippen LogP contribution in [0.15, 0.2) is 41.3 Å². The third-order valence-electron chi connectivity index (χ3n) is 4.59. The first-order valence-corrected chi connectivity index (χ1v) is 10.4. The van der Waals surface area contributed by atoms with Gasteiger partial charge < -0.3 is 9.47 Å². The van der Waals surface area contributed by atoms with Crippen molar-refractivity contribution in [3.63, 3.8) is 0 Å². The summed E-state index contributed by atoms with van der Waals surface area (Å²) in [6, 6.07) is 11.2. The lowest BCUT2D eigenvalue weighted by atomic mass is 9.92. The fourth-order valence-corrected chi connectivity index (χ4v) is 4.48. The van der Waals surface area contributed by atoms with Gasteiger partial charge in [0.2, 0.25) is 10.0 Å². The molecule has 0 fully saturated rings. The zero-order valence-electron chi connectivity index (χ0n) is 15.2. The molecule has 0 amide bonds. The Labute approximate surface area is 155 Å². The van der Waals surface area contributed by atoms with Crippen LogP contribution in [-0.4, -0.2) is 28.7 Å². The van der Waals surface area contributed by atoms with Crippen LogP contribution in [0.3, 0.4) is 0 Å². The molecule has 140 valence electrons. The van der Waals surface area contributed by atoms with Gasteiger partial charge in [0.05, 0.1) is 7.11 Å². The zero-order valence-corrected chi connectivity index (χ0v) is 16.1. The summed E-state index contributed by atoms with van der Waals surface area (Å²) >= 11 is 0. The first kappa shape index (κ1) is 18.7. The molecule has 1 N–H and O–H groups in total. The maximum absolute atomic E-state index is 12.5. The number of benzene rings is 2. The van der Waals surface area contributed by atoms with Crippen molar-refractivity contribution < 1.29 is 17.9 Å². The minimum Gasteiger partial charge on any atom is -0.495 e. The Morgan fingerprint density at radius 3 is 2.58 bits per heavy atom. The molecule has 0 atom stereocenters. The van der Waals surface area contributed by atoms with E-state index in [1.165, 1.54) is 31.1 Å². The molecule has 1 aliphatic rings. The number of fused-ring (bicyclic) bond motifs is 1. The van der Waals surface area contributed by atoms with Gasteiger partial charge >= 0.3 is 0 Å². The highest BCUT2D eigenvalue weighted by molar-refractivity contribution is 7.89. The number of hydrogen-bond acceptors (Lipinski definition) is 4. The van der Waals surface area contributed by atoms with Crippen LogP contribution in [0.25, 0.3) is 0 Å². The second kappa shape index (κ2) is 8.10. The predicted molar refractivity (Wildman–Crippen MR) is 101 cm³/mol. The maximum Gasteiger partial charge on any atom is 0.244 e. The molecule has 5 nitrogen and oxygen atoms in total. The molecule has 1 aliphatic carbocycles. The third-order valence-corrected chi connectivity index (χ3v) is 6.07. The van der Waals surface area contributed by atoms with Crippen molar-refractivity contribution in [1.29, 1.82) is 0 Å². The van der Waals surface area contributed by atoms with Crippen LogP contribution in [0.5, 0.6) is 11.5 Å². The molecule has 26 heavy (non-hydrogen) atoms. The average Bonchev–Trinajstić information content (AvgIpc) is 2.65. The van der Waals surface area contributed by atoms with Crippen molar-refractivity contribution in [2.75, 3.05) is 20.3 Å². The third kappa shape index (κ3) is 4.37. The molecule has 0 saturated carbocycles. The molecule has 0 radical (unpaired) electrons. The molecule has 3 rings (SSSR count). The van der Waals surface area contributed by atoms with Gasteiger partial charge in [-0.05, 0) is 73.6 Å². The number of hydrogen-bond donors (Lipinski definition) is 1. The molecule has 0 aromatic heterocycles. The highest BCUT2D eigenvalue weighted by atomic mass is 32.2. The molecule has 0 spiro atoms. The average molecular weight is 375 g/mol. The van der Waals surface area contributed by atoms with E-state index < -0.39 is 10.0 Å². The molecule has 2 aromatic carbocycles. The quantitative estimate of drug-likeness (QED) is 0.755. The van der Waals surface area contributed by atoms with Crippen molar-refractivity contribution in [1.82, 2.24) is 4.72 Å². The maximum atomic E-state index is 12.5. The standard InChI is InChI=1S/C20H25NO4S/c1-15-7-10-19(24-2)20(13-15)26(22,23)21-11-12-25-18-9-8-16-5-3-4-6-17(16)14-18/h7-10,13-14,21H,3-6,11-12H2,1-2H3. The summed E-state index contributed by atoms with van der Waals surface area (Å²) in [5.74, 6) is 1.12. The van der Waals surface area contributed by atoms with Crippen molar-refractivity contribution in [2.24, 2.45) is 0 Å². The van der Waals surface area contributed by atoms with Gasteiger partial charge in [-0.25, -0.2) is 13.1 Å². The fourth-order valence-electron chi connectivity index (χ4n) is 3.22. The van der Waals surface area contributed by atoms with E-state index in [0.717, 1.165) is 24.2 Å².